The number of hydrazone groups is 1. The second-order valence-electron chi connectivity index (χ2n) is 5.41. The fourth-order valence-electron chi connectivity index (χ4n) is 2.31. The Kier molecular flexibility index (Phi) is 8.23. The summed E-state index contributed by atoms with van der Waals surface area (Å²) in [5, 5.41) is 7.84. The van der Waals surface area contributed by atoms with E-state index < -0.39 is 0 Å². The van der Waals surface area contributed by atoms with Gasteiger partial charge in [0.25, 0.3) is 0 Å². The topological polar surface area (TPSA) is 59.3 Å². The monoisotopic (exact) mass is 349 g/mol. The second kappa shape index (κ2) is 10.7. The molecule has 1 aromatic rings. The van der Waals surface area contributed by atoms with Crippen LogP contribution in [0.5, 0.6) is 5.75 Å². The van der Waals surface area contributed by atoms with Crippen LogP contribution in [0.4, 0.5) is 0 Å². The largest absolute Gasteiger partial charge is 0.490 e. The number of hydrogen-bond acceptors (Lipinski definition) is 4. The van der Waals surface area contributed by atoms with Gasteiger partial charge in [-0.2, -0.15) is 5.10 Å². The Bertz CT molecular complexity index is 559. The van der Waals surface area contributed by atoms with Gasteiger partial charge in [0.1, 0.15) is 25.4 Å². The third-order valence-electron chi connectivity index (χ3n) is 3.57. The minimum atomic E-state index is 0.484. The predicted molar refractivity (Wildman–Crippen MR) is 99.8 cm³/mol. The summed E-state index contributed by atoms with van der Waals surface area (Å²) in [7, 11) is 0. The van der Waals surface area contributed by atoms with E-state index in [0.717, 1.165) is 50.7 Å². The van der Waals surface area contributed by atoms with Gasteiger partial charge < -0.3 is 19.7 Å². The molecule has 130 valence electrons. The summed E-state index contributed by atoms with van der Waals surface area (Å²) in [4.78, 5) is 1.54. The molecule has 1 aliphatic rings. The molecule has 1 aromatic carbocycles. The van der Waals surface area contributed by atoms with Gasteiger partial charge >= 0.3 is 0 Å². The Morgan fingerprint density at radius 3 is 3.04 bits per heavy atom. The fourth-order valence-corrected chi connectivity index (χ4v) is 2.46. The Balaban J connectivity index is 1.66. The third kappa shape index (κ3) is 7.08. The van der Waals surface area contributed by atoms with Gasteiger partial charge in [-0.3, -0.25) is 5.43 Å². The summed E-state index contributed by atoms with van der Waals surface area (Å²) in [6, 6.07) is 7.67. The maximum absolute atomic E-state index is 5.48. The summed E-state index contributed by atoms with van der Waals surface area (Å²) < 4.78 is 10.8. The smallest absolute Gasteiger partial charge is 0.187 e. The molecule has 0 radical (unpaired) electrons. The van der Waals surface area contributed by atoms with E-state index in [9.17, 15) is 0 Å². The Labute approximate surface area is 148 Å². The van der Waals surface area contributed by atoms with Crippen LogP contribution < -0.4 is 20.4 Å². The number of morpholine rings is 1. The summed E-state index contributed by atoms with van der Waals surface area (Å²) in [6.07, 6.45) is 3.42. The van der Waals surface area contributed by atoms with Crippen molar-refractivity contribution in [3.63, 3.8) is 0 Å². The first-order valence-electron chi connectivity index (χ1n) is 8.10. The second-order valence-corrected chi connectivity index (χ2v) is 5.82. The Morgan fingerprint density at radius 1 is 1.42 bits per heavy atom. The van der Waals surface area contributed by atoms with Gasteiger partial charge in [0.2, 0.25) is 0 Å². The Morgan fingerprint density at radius 2 is 2.25 bits per heavy atom. The van der Waals surface area contributed by atoms with E-state index in [-0.39, 0.29) is 0 Å². The van der Waals surface area contributed by atoms with Gasteiger partial charge in [0.05, 0.1) is 32.5 Å². The van der Waals surface area contributed by atoms with Crippen molar-refractivity contribution in [3.8, 4) is 5.75 Å². The lowest BCUT2D eigenvalue weighted by Crippen LogP contribution is -3.14. The van der Waals surface area contributed by atoms with Crippen LogP contribution in [0, 0.1) is 0 Å². The average molecular weight is 349 g/mol. The SMILES string of the molecule is C=CCOc1cccc(/C=N\NC(=S)NCC[NH+]2CCOCC2)c1. The molecule has 0 bridgehead atoms. The van der Waals surface area contributed by atoms with E-state index in [2.05, 4.69) is 22.4 Å². The maximum Gasteiger partial charge on any atom is 0.187 e. The highest BCUT2D eigenvalue weighted by Gasteiger charge is 2.12. The van der Waals surface area contributed by atoms with Crippen molar-refractivity contribution < 1.29 is 14.4 Å². The van der Waals surface area contributed by atoms with Gasteiger partial charge in [0, 0.05) is 0 Å². The number of thiocarbonyl (C=S) groups is 1. The zero-order valence-electron chi connectivity index (χ0n) is 13.8. The van der Waals surface area contributed by atoms with Crippen LogP contribution in [0.15, 0.2) is 42.0 Å². The summed E-state index contributed by atoms with van der Waals surface area (Å²) in [5.74, 6) is 0.785. The molecule has 2 rings (SSSR count). The minimum Gasteiger partial charge on any atom is -0.490 e. The number of nitrogens with one attached hydrogen (secondary N) is 3. The van der Waals surface area contributed by atoms with Crippen LogP contribution in [-0.4, -0.2) is 57.3 Å². The predicted octanol–water partition coefficient (Wildman–Crippen LogP) is -0.0355. The third-order valence-corrected chi connectivity index (χ3v) is 3.81. The molecule has 3 N–H and O–H groups in total. The molecule has 1 aliphatic heterocycles. The molecule has 6 nitrogen and oxygen atoms in total. The zero-order chi connectivity index (χ0) is 17.0. The Hall–Kier alpha value is -1.96. The lowest BCUT2D eigenvalue weighted by molar-refractivity contribution is -0.906. The van der Waals surface area contributed by atoms with Crippen molar-refractivity contribution in [2.75, 3.05) is 46.0 Å². The van der Waals surface area contributed by atoms with Gasteiger partial charge in [-0.1, -0.05) is 24.8 Å². The summed E-state index contributed by atoms with van der Waals surface area (Å²) in [5.41, 5.74) is 3.77. The molecule has 0 aromatic heterocycles. The molecule has 0 atom stereocenters. The van der Waals surface area contributed by atoms with Gasteiger partial charge in [-0.05, 0) is 29.9 Å². The van der Waals surface area contributed by atoms with E-state index in [4.69, 9.17) is 21.7 Å². The van der Waals surface area contributed by atoms with Crippen LogP contribution in [-0.2, 0) is 4.74 Å². The van der Waals surface area contributed by atoms with Crippen LogP contribution in [0.1, 0.15) is 5.56 Å². The molecule has 7 heteroatoms. The van der Waals surface area contributed by atoms with Crippen molar-refractivity contribution in [3.05, 3.63) is 42.5 Å². The highest BCUT2D eigenvalue weighted by atomic mass is 32.1. The first-order valence-corrected chi connectivity index (χ1v) is 8.51. The number of nitrogens with zero attached hydrogens (tertiary/aromatic N) is 1. The number of benzene rings is 1. The van der Waals surface area contributed by atoms with Crippen LogP contribution in [0.25, 0.3) is 0 Å². The number of quaternary nitrogens is 1. The quantitative estimate of drug-likeness (QED) is 0.266. The van der Waals surface area contributed by atoms with E-state index >= 15 is 0 Å². The van der Waals surface area contributed by atoms with Crippen molar-refractivity contribution in [2.45, 2.75) is 0 Å². The normalized spacial score (nSPS) is 15.2. The lowest BCUT2D eigenvalue weighted by atomic mass is 10.2. The first-order chi connectivity index (χ1) is 11.8. The van der Waals surface area contributed by atoms with E-state index in [0.29, 0.717) is 11.7 Å². The number of hydrogen-bond donors (Lipinski definition) is 3. The molecule has 24 heavy (non-hydrogen) atoms. The highest BCUT2D eigenvalue weighted by Crippen LogP contribution is 2.11. The molecule has 0 saturated carbocycles. The number of rotatable bonds is 8. The molecule has 0 amide bonds. The van der Waals surface area contributed by atoms with E-state index in [1.165, 1.54) is 4.90 Å². The molecule has 1 saturated heterocycles. The lowest BCUT2D eigenvalue weighted by Gasteiger charge is -2.23. The molecule has 0 spiro atoms. The molecule has 0 unspecified atom stereocenters. The molecular weight excluding hydrogens is 324 g/mol. The van der Waals surface area contributed by atoms with E-state index in [1.54, 1.807) is 12.3 Å². The molecular formula is C17H25N4O2S+. The van der Waals surface area contributed by atoms with Crippen molar-refractivity contribution >= 4 is 23.5 Å². The minimum absolute atomic E-state index is 0.484. The van der Waals surface area contributed by atoms with Crippen molar-refractivity contribution in [2.24, 2.45) is 5.10 Å². The fraction of sp³-hybridized carbons (Fsp3) is 0.412. The summed E-state index contributed by atoms with van der Waals surface area (Å²) in [6.45, 7) is 9.77. The van der Waals surface area contributed by atoms with Crippen molar-refractivity contribution in [1.82, 2.24) is 10.7 Å². The number of ether oxygens (including phenoxy) is 2. The standard InChI is InChI=1S/C17H24N4O2S/c1-2-10-23-16-5-3-4-15(13-16)14-19-20-17(24)18-6-7-21-8-11-22-12-9-21/h2-5,13-14H,1,6-12H2,(H2,18,20,24)/p+1/b19-14-. The molecule has 0 aliphatic carbocycles. The average Bonchev–Trinajstić information content (AvgIpc) is 2.61. The van der Waals surface area contributed by atoms with Crippen LogP contribution in [0.3, 0.4) is 0 Å². The van der Waals surface area contributed by atoms with Crippen molar-refractivity contribution in [1.29, 1.82) is 0 Å². The van der Waals surface area contributed by atoms with Gasteiger partial charge in [-0.25, -0.2) is 0 Å². The van der Waals surface area contributed by atoms with E-state index in [1.807, 2.05) is 24.3 Å². The van der Waals surface area contributed by atoms with Crippen LogP contribution in [0.2, 0.25) is 0 Å². The highest BCUT2D eigenvalue weighted by molar-refractivity contribution is 7.80. The summed E-state index contributed by atoms with van der Waals surface area (Å²) >= 11 is 5.21. The zero-order valence-corrected chi connectivity index (χ0v) is 14.6. The van der Waals surface area contributed by atoms with Crippen LogP contribution >= 0.6 is 12.2 Å². The molecule has 1 heterocycles. The molecule has 1 fully saturated rings. The first kappa shape index (κ1) is 18.4. The maximum atomic E-state index is 5.48. The van der Waals surface area contributed by atoms with Gasteiger partial charge in [-0.15, -0.1) is 0 Å². The van der Waals surface area contributed by atoms with Gasteiger partial charge in [0.15, 0.2) is 5.11 Å².